The first-order valence-corrected chi connectivity index (χ1v) is 9.70. The van der Waals surface area contributed by atoms with E-state index in [0.717, 1.165) is 5.56 Å². The van der Waals surface area contributed by atoms with E-state index >= 15 is 0 Å². The summed E-state index contributed by atoms with van der Waals surface area (Å²) in [5.74, 6) is -1.80. The normalized spacial score (nSPS) is 12.8. The Kier molecular flexibility index (Phi) is 7.79. The summed E-state index contributed by atoms with van der Waals surface area (Å²) in [5, 5.41) is 5.70. The highest BCUT2D eigenvalue weighted by Crippen LogP contribution is 2.21. The molecule has 2 atom stereocenters. The lowest BCUT2D eigenvalue weighted by Gasteiger charge is -2.23. The molecule has 0 aliphatic rings. The SMILES string of the molecule is Cc1cccc(C(=O)N[C@H](C(=O)OC(C)C(=O)Nc2ccccc2Cl)C(C)C)c1. The Balaban J connectivity index is 2.02. The Hall–Kier alpha value is -2.86. The second-order valence-electron chi connectivity index (χ2n) is 7.11. The van der Waals surface area contributed by atoms with Crippen molar-refractivity contribution in [2.75, 3.05) is 5.32 Å². The third-order valence-electron chi connectivity index (χ3n) is 4.28. The van der Waals surface area contributed by atoms with E-state index in [0.29, 0.717) is 16.3 Å². The molecule has 29 heavy (non-hydrogen) atoms. The number of ether oxygens (including phenoxy) is 1. The van der Waals surface area contributed by atoms with E-state index in [1.807, 2.05) is 13.0 Å². The van der Waals surface area contributed by atoms with Gasteiger partial charge in [-0.05, 0) is 44.0 Å². The highest BCUT2D eigenvalue weighted by molar-refractivity contribution is 6.33. The standard InChI is InChI=1S/C22H25ClN2O4/c1-13(2)19(25-21(27)16-9-7-8-14(3)12-16)22(28)29-15(4)20(26)24-18-11-6-5-10-17(18)23/h5-13,15,19H,1-4H3,(H,24,26)(H,25,27)/t15?,19-/m0/s1. The lowest BCUT2D eigenvalue weighted by molar-refractivity contribution is -0.156. The molecule has 2 N–H and O–H groups in total. The van der Waals surface area contributed by atoms with Gasteiger partial charge in [0.15, 0.2) is 6.10 Å². The second kappa shape index (κ2) is 10.1. The lowest BCUT2D eigenvalue weighted by atomic mass is 10.0. The molecule has 0 radical (unpaired) electrons. The average molecular weight is 417 g/mol. The number of hydrogen-bond donors (Lipinski definition) is 2. The Labute approximate surface area is 175 Å². The molecule has 2 amide bonds. The number of carbonyl (C=O) groups is 3. The van der Waals surface area contributed by atoms with Crippen molar-refractivity contribution in [1.82, 2.24) is 5.32 Å². The zero-order chi connectivity index (χ0) is 21.6. The van der Waals surface area contributed by atoms with Crippen LogP contribution in [0.1, 0.15) is 36.7 Å². The number of nitrogens with one attached hydrogen (secondary N) is 2. The quantitative estimate of drug-likeness (QED) is 0.669. The maximum Gasteiger partial charge on any atom is 0.329 e. The van der Waals surface area contributed by atoms with E-state index in [-0.39, 0.29) is 11.8 Å². The van der Waals surface area contributed by atoms with Crippen molar-refractivity contribution in [3.05, 3.63) is 64.7 Å². The minimum absolute atomic E-state index is 0.227. The number of aryl methyl sites for hydroxylation is 1. The average Bonchev–Trinajstić information content (AvgIpc) is 2.67. The summed E-state index contributed by atoms with van der Waals surface area (Å²) in [6, 6.07) is 12.9. The zero-order valence-electron chi connectivity index (χ0n) is 16.9. The molecular formula is C22H25ClN2O4. The van der Waals surface area contributed by atoms with Gasteiger partial charge in [0.1, 0.15) is 6.04 Å². The van der Waals surface area contributed by atoms with Crippen LogP contribution in [0.5, 0.6) is 0 Å². The van der Waals surface area contributed by atoms with Gasteiger partial charge in [0.05, 0.1) is 10.7 Å². The molecule has 0 aromatic heterocycles. The summed E-state index contributed by atoms with van der Waals surface area (Å²) < 4.78 is 5.30. The van der Waals surface area contributed by atoms with Crippen molar-refractivity contribution in [2.24, 2.45) is 5.92 Å². The Morgan fingerprint density at radius 2 is 1.69 bits per heavy atom. The largest absolute Gasteiger partial charge is 0.451 e. The van der Waals surface area contributed by atoms with E-state index in [4.69, 9.17) is 16.3 Å². The van der Waals surface area contributed by atoms with E-state index in [2.05, 4.69) is 10.6 Å². The summed E-state index contributed by atoms with van der Waals surface area (Å²) >= 11 is 6.03. The lowest BCUT2D eigenvalue weighted by Crippen LogP contribution is -2.47. The summed E-state index contributed by atoms with van der Waals surface area (Å²) in [7, 11) is 0. The Morgan fingerprint density at radius 1 is 1.00 bits per heavy atom. The van der Waals surface area contributed by atoms with Crippen molar-refractivity contribution in [2.45, 2.75) is 39.8 Å². The monoisotopic (exact) mass is 416 g/mol. The van der Waals surface area contributed by atoms with Gasteiger partial charge in [0.25, 0.3) is 11.8 Å². The van der Waals surface area contributed by atoms with Crippen molar-refractivity contribution >= 4 is 35.1 Å². The maximum atomic E-state index is 12.6. The number of carbonyl (C=O) groups excluding carboxylic acids is 3. The maximum absolute atomic E-state index is 12.6. The molecule has 2 rings (SSSR count). The molecule has 6 nitrogen and oxygen atoms in total. The number of anilines is 1. The van der Waals surface area contributed by atoms with Gasteiger partial charge in [0, 0.05) is 5.56 Å². The molecule has 0 fully saturated rings. The number of halogens is 1. The number of benzene rings is 2. The summed E-state index contributed by atoms with van der Waals surface area (Å²) in [6.07, 6.45) is -1.06. The highest BCUT2D eigenvalue weighted by Gasteiger charge is 2.29. The van der Waals surface area contributed by atoms with Crippen LogP contribution in [0.4, 0.5) is 5.69 Å². The van der Waals surface area contributed by atoms with Gasteiger partial charge in [-0.25, -0.2) is 4.79 Å². The predicted octanol–water partition coefficient (Wildman–Crippen LogP) is 3.97. The van der Waals surface area contributed by atoms with E-state index in [1.54, 1.807) is 56.3 Å². The number of esters is 1. The molecule has 0 spiro atoms. The molecule has 0 aliphatic heterocycles. The van der Waals surface area contributed by atoms with Gasteiger partial charge >= 0.3 is 5.97 Å². The van der Waals surface area contributed by atoms with Gasteiger partial charge in [-0.2, -0.15) is 0 Å². The molecule has 0 bridgehead atoms. The van der Waals surface area contributed by atoms with Crippen LogP contribution in [-0.2, 0) is 14.3 Å². The summed E-state index contributed by atoms with van der Waals surface area (Å²) in [6.45, 7) is 6.92. The first-order valence-electron chi connectivity index (χ1n) is 9.32. The third kappa shape index (κ3) is 6.32. The van der Waals surface area contributed by atoms with Gasteiger partial charge in [-0.3, -0.25) is 9.59 Å². The minimum atomic E-state index is -1.06. The zero-order valence-corrected chi connectivity index (χ0v) is 17.6. The fourth-order valence-corrected chi connectivity index (χ4v) is 2.79. The smallest absolute Gasteiger partial charge is 0.329 e. The highest BCUT2D eigenvalue weighted by atomic mass is 35.5. The molecular weight excluding hydrogens is 392 g/mol. The second-order valence-corrected chi connectivity index (χ2v) is 7.52. The molecule has 154 valence electrons. The van der Waals surface area contributed by atoms with Gasteiger partial charge in [-0.15, -0.1) is 0 Å². The van der Waals surface area contributed by atoms with Gasteiger partial charge < -0.3 is 15.4 Å². The first-order chi connectivity index (χ1) is 13.7. The minimum Gasteiger partial charge on any atom is -0.451 e. The fraction of sp³-hybridized carbons (Fsp3) is 0.318. The van der Waals surface area contributed by atoms with E-state index in [1.165, 1.54) is 6.92 Å². The number of hydrogen-bond acceptors (Lipinski definition) is 4. The van der Waals surface area contributed by atoms with Crippen LogP contribution in [0, 0.1) is 12.8 Å². The molecule has 7 heteroatoms. The van der Waals surface area contributed by atoms with Gasteiger partial charge in [-0.1, -0.05) is 55.3 Å². The van der Waals surface area contributed by atoms with Crippen LogP contribution in [-0.4, -0.2) is 29.9 Å². The Morgan fingerprint density at radius 3 is 2.31 bits per heavy atom. The Bertz CT molecular complexity index is 898. The van der Waals surface area contributed by atoms with Crippen LogP contribution in [0.3, 0.4) is 0 Å². The molecule has 1 unspecified atom stereocenters. The van der Waals surface area contributed by atoms with E-state index < -0.39 is 24.0 Å². The van der Waals surface area contributed by atoms with Crippen molar-refractivity contribution in [3.63, 3.8) is 0 Å². The van der Waals surface area contributed by atoms with Crippen LogP contribution < -0.4 is 10.6 Å². The molecule has 0 aliphatic carbocycles. The predicted molar refractivity (Wildman–Crippen MR) is 113 cm³/mol. The number of rotatable bonds is 7. The van der Waals surface area contributed by atoms with Crippen LogP contribution in [0.15, 0.2) is 48.5 Å². The van der Waals surface area contributed by atoms with Crippen molar-refractivity contribution < 1.29 is 19.1 Å². The number of para-hydroxylation sites is 1. The molecule has 0 saturated heterocycles. The molecule has 0 heterocycles. The summed E-state index contributed by atoms with van der Waals surface area (Å²) in [4.78, 5) is 37.5. The van der Waals surface area contributed by atoms with Crippen LogP contribution >= 0.6 is 11.6 Å². The number of amides is 2. The molecule has 2 aromatic rings. The van der Waals surface area contributed by atoms with E-state index in [9.17, 15) is 14.4 Å². The third-order valence-corrected chi connectivity index (χ3v) is 4.61. The van der Waals surface area contributed by atoms with Crippen molar-refractivity contribution in [3.8, 4) is 0 Å². The summed E-state index contributed by atoms with van der Waals surface area (Å²) in [5.41, 5.74) is 1.81. The first kappa shape index (κ1) is 22.4. The molecule has 0 saturated carbocycles. The van der Waals surface area contributed by atoms with Gasteiger partial charge in [0.2, 0.25) is 0 Å². The van der Waals surface area contributed by atoms with Crippen LogP contribution in [0.25, 0.3) is 0 Å². The fourth-order valence-electron chi connectivity index (χ4n) is 2.61. The van der Waals surface area contributed by atoms with Crippen molar-refractivity contribution in [1.29, 1.82) is 0 Å². The topological polar surface area (TPSA) is 84.5 Å². The molecule has 2 aromatic carbocycles. The van der Waals surface area contributed by atoms with Crippen LogP contribution in [0.2, 0.25) is 5.02 Å².